The topological polar surface area (TPSA) is 52.0 Å². The number of benzene rings is 4. The Kier molecular flexibility index (Phi) is 21.8. The Morgan fingerprint density at radius 3 is 0.891 bits per heavy atom. The van der Waals surface area contributed by atoms with Gasteiger partial charge in [-0.1, -0.05) is 184 Å². The molecule has 4 aromatic carbocycles. The lowest BCUT2D eigenvalue weighted by Gasteiger charge is -2.11. The van der Waals surface area contributed by atoms with Gasteiger partial charge in [-0.05, 0) is 133 Å². The third-order valence-corrected chi connectivity index (χ3v) is 11.8. The maximum atomic E-state index is 6.08. The SMILES string of the molecule is CCCCc1cc(N)ccc1Cc1ccc(CCCCCCCCCCCCCCCCCCCc2ccc(Cc3ccc(N)cc3CCCC)cc2)cc1. The van der Waals surface area contributed by atoms with Gasteiger partial charge < -0.3 is 11.5 Å². The Hall–Kier alpha value is -3.52. The van der Waals surface area contributed by atoms with Gasteiger partial charge in [0, 0.05) is 11.4 Å². The summed E-state index contributed by atoms with van der Waals surface area (Å²) in [5.74, 6) is 0. The Balaban J connectivity index is 0.906. The predicted octanol–water partition coefficient (Wildman–Crippen LogP) is 15.1. The molecule has 55 heavy (non-hydrogen) atoms. The number of anilines is 2. The number of aryl methyl sites for hydroxylation is 4. The highest BCUT2D eigenvalue weighted by molar-refractivity contribution is 5.47. The van der Waals surface area contributed by atoms with Gasteiger partial charge in [0.05, 0.1) is 0 Å². The number of rotatable bonds is 30. The maximum Gasteiger partial charge on any atom is 0.0316 e. The van der Waals surface area contributed by atoms with E-state index in [1.807, 2.05) is 0 Å². The molecule has 0 atom stereocenters. The second kappa shape index (κ2) is 27.1. The molecule has 0 aliphatic heterocycles. The van der Waals surface area contributed by atoms with Crippen LogP contribution in [-0.4, -0.2) is 0 Å². The number of nitrogen functional groups attached to an aromatic ring is 2. The van der Waals surface area contributed by atoms with Crippen LogP contribution in [-0.2, 0) is 38.5 Å². The standard InChI is InChI=1S/C53H78N2/c1-3-5-26-48-42-52(54)38-36-50(48)40-46-32-28-44(29-33-46)24-22-20-18-16-14-12-10-8-7-9-11-13-15-17-19-21-23-25-45-30-34-47(35-31-45)41-51-37-39-53(55)43-49(51)27-6-4-2/h28-39,42-43H,3-27,40-41,54-55H2,1-2H3. The summed E-state index contributed by atoms with van der Waals surface area (Å²) < 4.78 is 0. The van der Waals surface area contributed by atoms with Gasteiger partial charge in [-0.2, -0.15) is 0 Å². The molecule has 0 saturated carbocycles. The molecular weight excluding hydrogens is 665 g/mol. The normalized spacial score (nSPS) is 11.4. The zero-order valence-electron chi connectivity index (χ0n) is 35.3. The van der Waals surface area contributed by atoms with Crippen molar-refractivity contribution in [2.45, 2.75) is 187 Å². The lowest BCUT2D eigenvalue weighted by molar-refractivity contribution is 0.525. The smallest absolute Gasteiger partial charge is 0.0316 e. The fourth-order valence-corrected chi connectivity index (χ4v) is 8.23. The van der Waals surface area contributed by atoms with E-state index < -0.39 is 0 Å². The van der Waals surface area contributed by atoms with Gasteiger partial charge in [0.25, 0.3) is 0 Å². The van der Waals surface area contributed by atoms with Crippen molar-refractivity contribution in [1.82, 2.24) is 0 Å². The Labute approximate surface area is 338 Å². The van der Waals surface area contributed by atoms with Crippen molar-refractivity contribution in [2.24, 2.45) is 0 Å². The molecule has 0 saturated heterocycles. The molecule has 300 valence electrons. The molecule has 0 bridgehead atoms. The highest BCUT2D eigenvalue weighted by atomic mass is 14.5. The summed E-state index contributed by atoms with van der Waals surface area (Å²) in [5, 5.41) is 0. The fraction of sp³-hybridized carbons (Fsp3) is 0.547. The molecule has 0 aliphatic rings. The van der Waals surface area contributed by atoms with Gasteiger partial charge in [0.2, 0.25) is 0 Å². The molecule has 0 unspecified atom stereocenters. The molecule has 4 aromatic rings. The van der Waals surface area contributed by atoms with Crippen LogP contribution in [0.25, 0.3) is 0 Å². The minimum Gasteiger partial charge on any atom is -0.399 e. The third kappa shape index (κ3) is 18.3. The van der Waals surface area contributed by atoms with Crippen LogP contribution >= 0.6 is 0 Å². The fourth-order valence-electron chi connectivity index (χ4n) is 8.23. The van der Waals surface area contributed by atoms with E-state index in [-0.39, 0.29) is 0 Å². The summed E-state index contributed by atoms with van der Waals surface area (Å²) in [6.07, 6.45) is 35.5. The van der Waals surface area contributed by atoms with Crippen molar-refractivity contribution in [2.75, 3.05) is 11.5 Å². The van der Waals surface area contributed by atoms with Gasteiger partial charge in [-0.3, -0.25) is 0 Å². The van der Waals surface area contributed by atoms with Crippen LogP contribution in [0.2, 0.25) is 0 Å². The van der Waals surface area contributed by atoms with Gasteiger partial charge >= 0.3 is 0 Å². The molecule has 0 spiro atoms. The van der Waals surface area contributed by atoms with Crippen LogP contribution in [0.4, 0.5) is 11.4 Å². The number of unbranched alkanes of at least 4 members (excludes halogenated alkanes) is 18. The molecule has 2 heteroatoms. The van der Waals surface area contributed by atoms with E-state index in [0.717, 1.165) is 37.1 Å². The minimum atomic E-state index is 0.885. The number of nitrogens with two attached hydrogens (primary N) is 2. The summed E-state index contributed by atoms with van der Waals surface area (Å²) in [7, 11) is 0. The molecule has 4 rings (SSSR count). The van der Waals surface area contributed by atoms with E-state index in [0.29, 0.717) is 0 Å². The van der Waals surface area contributed by atoms with E-state index in [1.54, 1.807) is 0 Å². The van der Waals surface area contributed by atoms with Gasteiger partial charge in [0.15, 0.2) is 0 Å². The molecule has 0 amide bonds. The van der Waals surface area contributed by atoms with Gasteiger partial charge in [0.1, 0.15) is 0 Å². The average molecular weight is 743 g/mol. The van der Waals surface area contributed by atoms with E-state index in [9.17, 15) is 0 Å². The first-order valence-corrected chi connectivity index (χ1v) is 22.9. The first kappa shape index (κ1) is 44.2. The zero-order chi connectivity index (χ0) is 38.8. The Morgan fingerprint density at radius 1 is 0.291 bits per heavy atom. The summed E-state index contributed by atoms with van der Waals surface area (Å²) in [5.41, 5.74) is 25.4. The van der Waals surface area contributed by atoms with Crippen molar-refractivity contribution >= 4 is 11.4 Å². The van der Waals surface area contributed by atoms with Crippen LogP contribution in [0.3, 0.4) is 0 Å². The predicted molar refractivity (Wildman–Crippen MR) is 243 cm³/mol. The monoisotopic (exact) mass is 743 g/mol. The Morgan fingerprint density at radius 2 is 0.582 bits per heavy atom. The van der Waals surface area contributed by atoms with Crippen molar-refractivity contribution in [3.05, 3.63) is 129 Å². The molecule has 0 heterocycles. The van der Waals surface area contributed by atoms with Crippen molar-refractivity contribution in [3.8, 4) is 0 Å². The first-order valence-electron chi connectivity index (χ1n) is 22.9. The molecule has 4 N–H and O–H groups in total. The van der Waals surface area contributed by atoms with E-state index in [1.165, 1.54) is 192 Å². The van der Waals surface area contributed by atoms with Gasteiger partial charge in [-0.15, -0.1) is 0 Å². The van der Waals surface area contributed by atoms with Crippen molar-refractivity contribution in [3.63, 3.8) is 0 Å². The first-order chi connectivity index (χ1) is 27.0. The van der Waals surface area contributed by atoms with E-state index >= 15 is 0 Å². The number of hydrogen-bond acceptors (Lipinski definition) is 2. The van der Waals surface area contributed by atoms with E-state index in [4.69, 9.17) is 11.5 Å². The lowest BCUT2D eigenvalue weighted by atomic mass is 9.95. The highest BCUT2D eigenvalue weighted by Gasteiger charge is 2.07. The maximum absolute atomic E-state index is 6.08. The summed E-state index contributed by atoms with van der Waals surface area (Å²) in [6.45, 7) is 4.51. The quantitative estimate of drug-likeness (QED) is 0.0413. The molecular formula is C53H78N2. The van der Waals surface area contributed by atoms with Crippen LogP contribution in [0.5, 0.6) is 0 Å². The highest BCUT2D eigenvalue weighted by Crippen LogP contribution is 2.23. The minimum absolute atomic E-state index is 0.885. The zero-order valence-corrected chi connectivity index (χ0v) is 35.3. The summed E-state index contributed by atoms with van der Waals surface area (Å²) in [6, 6.07) is 31.7. The average Bonchev–Trinajstić information content (AvgIpc) is 3.20. The van der Waals surface area contributed by atoms with Crippen LogP contribution in [0.15, 0.2) is 84.9 Å². The number of hydrogen-bond donors (Lipinski definition) is 2. The second-order valence-electron chi connectivity index (χ2n) is 16.8. The largest absolute Gasteiger partial charge is 0.399 e. The van der Waals surface area contributed by atoms with Crippen LogP contribution in [0.1, 0.15) is 193 Å². The van der Waals surface area contributed by atoms with Gasteiger partial charge in [-0.25, -0.2) is 0 Å². The second-order valence-corrected chi connectivity index (χ2v) is 16.8. The lowest BCUT2D eigenvalue weighted by Crippen LogP contribution is -1.98. The molecule has 0 aromatic heterocycles. The summed E-state index contributed by atoms with van der Waals surface area (Å²) >= 11 is 0. The summed E-state index contributed by atoms with van der Waals surface area (Å²) in [4.78, 5) is 0. The molecule has 0 radical (unpaired) electrons. The molecule has 0 aliphatic carbocycles. The third-order valence-electron chi connectivity index (χ3n) is 11.8. The van der Waals surface area contributed by atoms with Crippen LogP contribution < -0.4 is 11.5 Å². The van der Waals surface area contributed by atoms with E-state index in [2.05, 4.69) is 98.8 Å². The van der Waals surface area contributed by atoms with Crippen LogP contribution in [0, 0.1) is 0 Å². The molecule has 2 nitrogen and oxygen atoms in total. The molecule has 0 fully saturated rings. The van der Waals surface area contributed by atoms with Crippen molar-refractivity contribution < 1.29 is 0 Å². The van der Waals surface area contributed by atoms with Crippen molar-refractivity contribution in [1.29, 1.82) is 0 Å². The Bertz CT molecular complexity index is 1450.